The van der Waals surface area contributed by atoms with Gasteiger partial charge in [0.1, 0.15) is 22.8 Å². The Hall–Kier alpha value is -2.57. The van der Waals surface area contributed by atoms with Crippen molar-refractivity contribution in [3.8, 4) is 11.3 Å². The number of halogens is 3. The highest BCUT2D eigenvalue weighted by molar-refractivity contribution is 6.39. The van der Waals surface area contributed by atoms with Crippen molar-refractivity contribution in [2.45, 2.75) is 13.3 Å². The second kappa shape index (κ2) is 8.66. The molecule has 5 nitrogen and oxygen atoms in total. The van der Waals surface area contributed by atoms with Crippen LogP contribution in [0.4, 0.5) is 10.1 Å². The van der Waals surface area contributed by atoms with Crippen LogP contribution in [0, 0.1) is 18.7 Å². The van der Waals surface area contributed by atoms with Gasteiger partial charge in [0.15, 0.2) is 0 Å². The number of benzene rings is 2. The van der Waals surface area contributed by atoms with E-state index >= 15 is 0 Å². The highest BCUT2D eigenvalue weighted by Gasteiger charge is 2.27. The van der Waals surface area contributed by atoms with E-state index in [2.05, 4.69) is 15.4 Å². The predicted molar refractivity (Wildman–Crippen MR) is 116 cm³/mol. The van der Waals surface area contributed by atoms with Crippen molar-refractivity contribution < 1.29 is 13.7 Å². The van der Waals surface area contributed by atoms with E-state index in [0.717, 1.165) is 25.2 Å². The molecule has 1 saturated heterocycles. The number of rotatable bonds is 5. The monoisotopic (exact) mass is 447 g/mol. The van der Waals surface area contributed by atoms with Gasteiger partial charge in [0.05, 0.1) is 10.0 Å². The lowest BCUT2D eigenvalue weighted by Gasteiger charge is -2.19. The molecule has 1 aliphatic heterocycles. The van der Waals surface area contributed by atoms with Crippen LogP contribution in [-0.4, -0.2) is 30.7 Å². The molecular weight excluding hydrogens is 428 g/mol. The molecular formula is C22H20Cl2FN3O2. The van der Waals surface area contributed by atoms with E-state index in [9.17, 15) is 9.18 Å². The first kappa shape index (κ1) is 20.7. The number of amides is 1. The number of anilines is 1. The summed E-state index contributed by atoms with van der Waals surface area (Å²) in [5, 5.41) is 7.81. The summed E-state index contributed by atoms with van der Waals surface area (Å²) in [4.78, 5) is 15.1. The predicted octanol–water partition coefficient (Wildman–Crippen LogP) is 5.35. The first-order valence-corrected chi connectivity index (χ1v) is 10.4. The molecule has 0 saturated carbocycles. The fraction of sp³-hybridized carbons (Fsp3) is 0.273. The minimum Gasteiger partial charge on any atom is -0.371 e. The first-order chi connectivity index (χ1) is 14.4. The SMILES string of the molecule is Cc1onc(-c2c(Cl)cccc2Cl)c1C(=O)NCC1CCN(c2ccc(F)cc2)C1. The summed E-state index contributed by atoms with van der Waals surface area (Å²) in [6, 6.07) is 11.6. The van der Waals surface area contributed by atoms with Gasteiger partial charge in [-0.05, 0) is 55.7 Å². The number of nitrogens with one attached hydrogen (secondary N) is 1. The Morgan fingerprint density at radius 1 is 1.23 bits per heavy atom. The van der Waals surface area contributed by atoms with Crippen LogP contribution in [0.25, 0.3) is 11.3 Å². The summed E-state index contributed by atoms with van der Waals surface area (Å²) in [5.74, 6) is 0.157. The zero-order valence-corrected chi connectivity index (χ0v) is 17.8. The van der Waals surface area contributed by atoms with Crippen molar-refractivity contribution in [1.82, 2.24) is 10.5 Å². The van der Waals surface area contributed by atoms with Crippen LogP contribution in [0.2, 0.25) is 10.0 Å². The lowest BCUT2D eigenvalue weighted by atomic mass is 10.0. The zero-order valence-electron chi connectivity index (χ0n) is 16.3. The van der Waals surface area contributed by atoms with Crippen LogP contribution in [0.15, 0.2) is 47.0 Å². The van der Waals surface area contributed by atoms with Gasteiger partial charge >= 0.3 is 0 Å². The molecule has 0 radical (unpaired) electrons. The molecule has 1 amide bonds. The van der Waals surface area contributed by atoms with E-state index in [1.807, 2.05) is 0 Å². The smallest absolute Gasteiger partial charge is 0.257 e. The second-order valence-corrected chi connectivity index (χ2v) is 8.16. The molecule has 1 unspecified atom stereocenters. The average Bonchev–Trinajstić information content (AvgIpc) is 3.34. The maximum atomic E-state index is 13.1. The fourth-order valence-corrected chi connectivity index (χ4v) is 4.32. The quantitative estimate of drug-likeness (QED) is 0.572. The van der Waals surface area contributed by atoms with E-state index in [-0.39, 0.29) is 17.6 Å². The number of aromatic nitrogens is 1. The molecule has 4 rings (SSSR count). The first-order valence-electron chi connectivity index (χ1n) is 9.63. The van der Waals surface area contributed by atoms with E-state index in [4.69, 9.17) is 27.7 Å². The number of hydrogen-bond donors (Lipinski definition) is 1. The molecule has 3 aromatic rings. The number of aryl methyl sites for hydroxylation is 1. The standard InChI is InChI=1S/C22H20Cl2FN3O2/c1-13-19(21(27-30-13)20-17(23)3-2-4-18(20)24)22(29)26-11-14-9-10-28(12-14)16-7-5-15(25)6-8-16/h2-8,14H,9-12H2,1H3,(H,26,29). The topological polar surface area (TPSA) is 58.4 Å². The van der Waals surface area contributed by atoms with Crippen molar-refractivity contribution in [3.05, 3.63) is 69.7 Å². The van der Waals surface area contributed by atoms with Gasteiger partial charge < -0.3 is 14.7 Å². The maximum absolute atomic E-state index is 13.1. The molecule has 1 atom stereocenters. The van der Waals surface area contributed by atoms with Crippen LogP contribution in [0.5, 0.6) is 0 Å². The fourth-order valence-electron chi connectivity index (χ4n) is 3.75. The molecule has 30 heavy (non-hydrogen) atoms. The maximum Gasteiger partial charge on any atom is 0.257 e. The van der Waals surface area contributed by atoms with Crippen molar-refractivity contribution in [1.29, 1.82) is 0 Å². The summed E-state index contributed by atoms with van der Waals surface area (Å²) in [7, 11) is 0. The Balaban J connectivity index is 1.44. The van der Waals surface area contributed by atoms with Gasteiger partial charge in [-0.2, -0.15) is 0 Å². The summed E-state index contributed by atoms with van der Waals surface area (Å²) in [5.41, 5.74) is 2.13. The molecule has 1 fully saturated rings. The Bertz CT molecular complexity index is 1050. The molecule has 0 bridgehead atoms. The molecule has 2 aromatic carbocycles. The van der Waals surface area contributed by atoms with Crippen molar-refractivity contribution >= 4 is 34.8 Å². The largest absolute Gasteiger partial charge is 0.371 e. The van der Waals surface area contributed by atoms with E-state index in [1.54, 1.807) is 37.3 Å². The summed E-state index contributed by atoms with van der Waals surface area (Å²) < 4.78 is 18.4. The molecule has 2 heterocycles. The lowest BCUT2D eigenvalue weighted by Crippen LogP contribution is -2.31. The van der Waals surface area contributed by atoms with Crippen LogP contribution >= 0.6 is 23.2 Å². The van der Waals surface area contributed by atoms with Gasteiger partial charge in [-0.25, -0.2) is 4.39 Å². The average molecular weight is 448 g/mol. The van der Waals surface area contributed by atoms with Gasteiger partial charge in [-0.15, -0.1) is 0 Å². The normalized spacial score (nSPS) is 16.1. The molecule has 8 heteroatoms. The zero-order chi connectivity index (χ0) is 21.3. The van der Waals surface area contributed by atoms with Gasteiger partial charge in [0, 0.05) is 30.9 Å². The highest BCUT2D eigenvalue weighted by atomic mass is 35.5. The van der Waals surface area contributed by atoms with Crippen LogP contribution < -0.4 is 10.2 Å². The molecule has 1 aromatic heterocycles. The lowest BCUT2D eigenvalue weighted by molar-refractivity contribution is 0.0947. The Morgan fingerprint density at radius 3 is 2.63 bits per heavy atom. The van der Waals surface area contributed by atoms with E-state index in [0.29, 0.717) is 39.2 Å². The summed E-state index contributed by atoms with van der Waals surface area (Å²) in [6.45, 7) is 3.84. The van der Waals surface area contributed by atoms with Crippen molar-refractivity contribution in [2.24, 2.45) is 5.92 Å². The van der Waals surface area contributed by atoms with Gasteiger partial charge in [-0.3, -0.25) is 4.79 Å². The minimum atomic E-state index is -0.278. The summed E-state index contributed by atoms with van der Waals surface area (Å²) in [6.07, 6.45) is 0.934. The molecule has 1 aliphatic rings. The van der Waals surface area contributed by atoms with Gasteiger partial charge in [-0.1, -0.05) is 34.4 Å². The highest BCUT2D eigenvalue weighted by Crippen LogP contribution is 2.36. The third kappa shape index (κ3) is 4.16. The molecule has 156 valence electrons. The third-order valence-corrected chi connectivity index (χ3v) is 5.95. The molecule has 0 spiro atoms. The van der Waals surface area contributed by atoms with Crippen molar-refractivity contribution in [3.63, 3.8) is 0 Å². The number of carbonyl (C=O) groups is 1. The van der Waals surface area contributed by atoms with Crippen LogP contribution in [-0.2, 0) is 0 Å². The Labute approximate surface area is 183 Å². The number of hydrogen-bond acceptors (Lipinski definition) is 4. The summed E-state index contributed by atoms with van der Waals surface area (Å²) >= 11 is 12.6. The number of nitrogens with zero attached hydrogens (tertiary/aromatic N) is 2. The van der Waals surface area contributed by atoms with E-state index in [1.165, 1.54) is 12.1 Å². The van der Waals surface area contributed by atoms with Crippen LogP contribution in [0.3, 0.4) is 0 Å². The second-order valence-electron chi connectivity index (χ2n) is 7.35. The molecule has 1 N–H and O–H groups in total. The molecule has 0 aliphatic carbocycles. The Morgan fingerprint density at radius 2 is 1.93 bits per heavy atom. The van der Waals surface area contributed by atoms with E-state index < -0.39 is 0 Å². The van der Waals surface area contributed by atoms with Gasteiger partial charge in [0.25, 0.3) is 5.91 Å². The Kier molecular flexibility index (Phi) is 5.97. The van der Waals surface area contributed by atoms with Gasteiger partial charge in [0.2, 0.25) is 0 Å². The number of carbonyl (C=O) groups excluding carboxylic acids is 1. The van der Waals surface area contributed by atoms with Crippen LogP contribution in [0.1, 0.15) is 22.5 Å². The minimum absolute atomic E-state index is 0.250. The third-order valence-electron chi connectivity index (χ3n) is 5.32. The van der Waals surface area contributed by atoms with Crippen molar-refractivity contribution in [2.75, 3.05) is 24.5 Å².